The summed E-state index contributed by atoms with van der Waals surface area (Å²) >= 11 is 0. The van der Waals surface area contributed by atoms with Crippen LogP contribution in [0.15, 0.2) is 28.8 Å². The van der Waals surface area contributed by atoms with Crippen LogP contribution in [0.25, 0.3) is 11.5 Å². The second-order valence-electron chi connectivity index (χ2n) is 4.30. The zero-order chi connectivity index (χ0) is 14.4. The second kappa shape index (κ2) is 6.83. The normalized spacial score (nSPS) is 12.1. The van der Waals surface area contributed by atoms with Crippen molar-refractivity contribution in [2.24, 2.45) is 0 Å². The number of nitriles is 1. The van der Waals surface area contributed by atoms with Gasteiger partial charge in [0.05, 0.1) is 12.5 Å². The van der Waals surface area contributed by atoms with Gasteiger partial charge in [-0.3, -0.25) is 0 Å². The molecule has 104 valence electrons. The Bertz CT molecular complexity index is 601. The highest BCUT2D eigenvalue weighted by molar-refractivity contribution is 5.59. The van der Waals surface area contributed by atoms with Gasteiger partial charge in [0.2, 0.25) is 5.82 Å². The summed E-state index contributed by atoms with van der Waals surface area (Å²) in [5.41, 5.74) is 1.69. The molecule has 1 aromatic carbocycles. The largest absolute Gasteiger partial charge is 0.370 e. The molecule has 20 heavy (non-hydrogen) atoms. The van der Waals surface area contributed by atoms with E-state index in [4.69, 9.17) is 14.5 Å². The molecule has 2 rings (SSSR count). The number of rotatable bonds is 6. The Morgan fingerprint density at radius 1 is 1.35 bits per heavy atom. The Morgan fingerprint density at radius 2 is 2.15 bits per heavy atom. The van der Waals surface area contributed by atoms with E-state index >= 15 is 0 Å². The van der Waals surface area contributed by atoms with E-state index in [2.05, 4.69) is 16.2 Å². The lowest BCUT2D eigenvalue weighted by atomic mass is 10.1. The smallest absolute Gasteiger partial charge is 0.258 e. The van der Waals surface area contributed by atoms with Gasteiger partial charge in [-0.25, -0.2) is 0 Å². The summed E-state index contributed by atoms with van der Waals surface area (Å²) in [5.74, 6) is 0.986. The SMILES string of the molecule is CCOC(CC)c1noc(-c2ccccc2CC#N)n1. The van der Waals surface area contributed by atoms with Gasteiger partial charge in [0.25, 0.3) is 5.89 Å². The van der Waals surface area contributed by atoms with Crippen LogP contribution < -0.4 is 0 Å². The van der Waals surface area contributed by atoms with E-state index in [0.29, 0.717) is 24.7 Å². The third-order valence-corrected chi connectivity index (χ3v) is 2.99. The molecule has 0 saturated carbocycles. The maximum Gasteiger partial charge on any atom is 0.258 e. The first-order valence-electron chi connectivity index (χ1n) is 6.70. The molecule has 1 aromatic heterocycles. The molecule has 1 atom stereocenters. The van der Waals surface area contributed by atoms with E-state index in [1.54, 1.807) is 0 Å². The van der Waals surface area contributed by atoms with E-state index < -0.39 is 0 Å². The van der Waals surface area contributed by atoms with Gasteiger partial charge in [-0.1, -0.05) is 30.3 Å². The Morgan fingerprint density at radius 3 is 2.85 bits per heavy atom. The first kappa shape index (κ1) is 14.2. The van der Waals surface area contributed by atoms with Crippen molar-refractivity contribution in [1.82, 2.24) is 10.1 Å². The van der Waals surface area contributed by atoms with Crippen LogP contribution >= 0.6 is 0 Å². The van der Waals surface area contributed by atoms with E-state index in [-0.39, 0.29) is 6.10 Å². The number of hydrogen-bond donors (Lipinski definition) is 0. The van der Waals surface area contributed by atoms with Crippen molar-refractivity contribution in [3.63, 3.8) is 0 Å². The fraction of sp³-hybridized carbons (Fsp3) is 0.400. The predicted octanol–water partition coefficient (Wildman–Crippen LogP) is 3.29. The molecule has 0 amide bonds. The Labute approximate surface area is 118 Å². The fourth-order valence-electron chi connectivity index (χ4n) is 2.02. The molecule has 1 heterocycles. The highest BCUT2D eigenvalue weighted by Crippen LogP contribution is 2.25. The Balaban J connectivity index is 2.31. The zero-order valence-corrected chi connectivity index (χ0v) is 11.7. The lowest BCUT2D eigenvalue weighted by Crippen LogP contribution is -2.04. The topological polar surface area (TPSA) is 71.9 Å². The first-order chi connectivity index (χ1) is 9.80. The maximum atomic E-state index is 8.86. The first-order valence-corrected chi connectivity index (χ1v) is 6.70. The van der Waals surface area contributed by atoms with Crippen molar-refractivity contribution in [3.05, 3.63) is 35.7 Å². The lowest BCUT2D eigenvalue weighted by Gasteiger charge is -2.09. The van der Waals surface area contributed by atoms with Crippen molar-refractivity contribution in [3.8, 4) is 17.5 Å². The van der Waals surface area contributed by atoms with Gasteiger partial charge in [-0.05, 0) is 25.0 Å². The molecule has 2 aromatic rings. The van der Waals surface area contributed by atoms with Crippen molar-refractivity contribution in [1.29, 1.82) is 5.26 Å². The number of hydrogen-bond acceptors (Lipinski definition) is 5. The second-order valence-corrected chi connectivity index (χ2v) is 4.30. The van der Waals surface area contributed by atoms with Crippen molar-refractivity contribution in [2.45, 2.75) is 32.8 Å². The molecule has 0 aliphatic heterocycles. The van der Waals surface area contributed by atoms with Gasteiger partial charge in [0.1, 0.15) is 6.10 Å². The average molecular weight is 271 g/mol. The van der Waals surface area contributed by atoms with Gasteiger partial charge in [0.15, 0.2) is 0 Å². The fourth-order valence-corrected chi connectivity index (χ4v) is 2.02. The molecule has 5 nitrogen and oxygen atoms in total. The summed E-state index contributed by atoms with van der Waals surface area (Å²) in [5, 5.41) is 12.8. The number of aromatic nitrogens is 2. The Hall–Kier alpha value is -2.19. The lowest BCUT2D eigenvalue weighted by molar-refractivity contribution is 0.0518. The third-order valence-electron chi connectivity index (χ3n) is 2.99. The van der Waals surface area contributed by atoms with Crippen molar-refractivity contribution >= 4 is 0 Å². The van der Waals surface area contributed by atoms with Crippen LogP contribution in [-0.2, 0) is 11.2 Å². The molecule has 5 heteroatoms. The summed E-state index contributed by atoms with van der Waals surface area (Å²) in [7, 11) is 0. The standard InChI is InChI=1S/C15H17N3O2/c1-3-13(19-4-2)14-17-15(20-18-14)12-8-6-5-7-11(12)9-10-16/h5-8,13H,3-4,9H2,1-2H3. The van der Waals surface area contributed by atoms with Gasteiger partial charge in [0, 0.05) is 12.2 Å². The monoisotopic (exact) mass is 271 g/mol. The quantitative estimate of drug-likeness (QED) is 0.806. The van der Waals surface area contributed by atoms with Gasteiger partial charge in [-0.15, -0.1) is 0 Å². The maximum absolute atomic E-state index is 8.86. The van der Waals surface area contributed by atoms with E-state index in [1.807, 2.05) is 38.1 Å². The molecule has 0 aliphatic carbocycles. The minimum Gasteiger partial charge on any atom is -0.370 e. The molecule has 0 bridgehead atoms. The van der Waals surface area contributed by atoms with E-state index in [9.17, 15) is 0 Å². The number of nitrogens with zero attached hydrogens (tertiary/aromatic N) is 3. The van der Waals surface area contributed by atoms with Crippen LogP contribution in [0.4, 0.5) is 0 Å². The molecule has 0 spiro atoms. The van der Waals surface area contributed by atoms with Crippen LogP contribution in [-0.4, -0.2) is 16.7 Å². The van der Waals surface area contributed by atoms with Crippen LogP contribution in [0, 0.1) is 11.3 Å². The highest BCUT2D eigenvalue weighted by Gasteiger charge is 2.18. The number of ether oxygens (including phenoxy) is 1. The third kappa shape index (κ3) is 3.03. The molecule has 1 unspecified atom stereocenters. The van der Waals surface area contributed by atoms with Gasteiger partial charge >= 0.3 is 0 Å². The van der Waals surface area contributed by atoms with Crippen molar-refractivity contribution in [2.75, 3.05) is 6.61 Å². The van der Waals surface area contributed by atoms with Crippen LogP contribution in [0.5, 0.6) is 0 Å². The summed E-state index contributed by atoms with van der Waals surface area (Å²) in [4.78, 5) is 4.40. The predicted molar refractivity (Wildman–Crippen MR) is 73.7 cm³/mol. The minimum absolute atomic E-state index is 0.152. The number of benzene rings is 1. The molecule has 0 fully saturated rings. The average Bonchev–Trinajstić information content (AvgIpc) is 2.95. The minimum atomic E-state index is -0.152. The van der Waals surface area contributed by atoms with Crippen molar-refractivity contribution < 1.29 is 9.26 Å². The van der Waals surface area contributed by atoms with Gasteiger partial charge < -0.3 is 9.26 Å². The molecule has 0 radical (unpaired) electrons. The summed E-state index contributed by atoms with van der Waals surface area (Å²) in [6.07, 6.45) is 0.948. The van der Waals surface area contributed by atoms with Crippen LogP contribution in [0.2, 0.25) is 0 Å². The zero-order valence-electron chi connectivity index (χ0n) is 11.7. The molecule has 0 saturated heterocycles. The molecular formula is C15H17N3O2. The molecule has 0 N–H and O–H groups in total. The summed E-state index contributed by atoms with van der Waals surface area (Å²) < 4.78 is 10.9. The summed E-state index contributed by atoms with van der Waals surface area (Å²) in [6.45, 7) is 4.55. The molecular weight excluding hydrogens is 254 g/mol. The van der Waals surface area contributed by atoms with E-state index in [1.165, 1.54) is 0 Å². The van der Waals surface area contributed by atoms with E-state index in [0.717, 1.165) is 17.5 Å². The van der Waals surface area contributed by atoms with Crippen LogP contribution in [0.3, 0.4) is 0 Å². The van der Waals surface area contributed by atoms with Crippen LogP contribution in [0.1, 0.15) is 37.8 Å². The summed E-state index contributed by atoms with van der Waals surface area (Å²) in [6, 6.07) is 9.69. The highest BCUT2D eigenvalue weighted by atomic mass is 16.5. The molecule has 0 aliphatic rings. The van der Waals surface area contributed by atoms with Gasteiger partial charge in [-0.2, -0.15) is 10.2 Å². The Kier molecular flexibility index (Phi) is 4.85.